The molecule has 0 bridgehead atoms. The fraction of sp³-hybridized carbons (Fsp3) is 0.667. The molecule has 3 heteroatoms. The third-order valence-electron chi connectivity index (χ3n) is 2.97. The molecule has 1 aliphatic heterocycles. The van der Waals surface area contributed by atoms with E-state index in [9.17, 15) is 0 Å². The first kappa shape index (κ1) is 11.5. The van der Waals surface area contributed by atoms with E-state index in [2.05, 4.69) is 42.8 Å². The minimum Gasteiger partial charge on any atom is -0.298 e. The van der Waals surface area contributed by atoms with Crippen LogP contribution >= 0.6 is 24.0 Å². The average molecular weight is 241 g/mol. The minimum atomic E-state index is 0.330. The van der Waals surface area contributed by atoms with Crippen LogP contribution in [0.15, 0.2) is 11.4 Å². The fourth-order valence-electron chi connectivity index (χ4n) is 2.10. The molecule has 0 radical (unpaired) electrons. The Balaban J connectivity index is 1.98. The summed E-state index contributed by atoms with van der Waals surface area (Å²) in [7, 11) is 0. The van der Waals surface area contributed by atoms with Crippen molar-refractivity contribution in [2.75, 3.05) is 18.8 Å². The van der Waals surface area contributed by atoms with Crippen LogP contribution in [0.25, 0.3) is 0 Å². The van der Waals surface area contributed by atoms with Crippen molar-refractivity contribution in [3.63, 3.8) is 0 Å². The van der Waals surface area contributed by atoms with Gasteiger partial charge >= 0.3 is 0 Å². The van der Waals surface area contributed by atoms with Crippen LogP contribution in [0.1, 0.15) is 24.3 Å². The van der Waals surface area contributed by atoms with Crippen molar-refractivity contribution >= 4 is 24.0 Å². The predicted molar refractivity (Wildman–Crippen MR) is 70.9 cm³/mol. The van der Waals surface area contributed by atoms with E-state index in [1.165, 1.54) is 13.0 Å². The molecule has 1 nitrogen and oxygen atoms in total. The molecule has 0 N–H and O–H groups in total. The summed E-state index contributed by atoms with van der Waals surface area (Å²) in [5, 5.41) is 2.22. The molecule has 2 heterocycles. The van der Waals surface area contributed by atoms with E-state index in [1.807, 2.05) is 11.3 Å². The molecule has 0 unspecified atom stereocenters. The summed E-state index contributed by atoms with van der Waals surface area (Å²) in [6.07, 6.45) is 1.23. The lowest BCUT2D eigenvalue weighted by atomic mass is 9.94. The lowest BCUT2D eigenvalue weighted by Crippen LogP contribution is -2.38. The van der Waals surface area contributed by atoms with E-state index in [4.69, 9.17) is 0 Å². The highest BCUT2D eigenvalue weighted by atomic mass is 32.1. The minimum absolute atomic E-state index is 0.330. The Morgan fingerprint density at radius 2 is 2.33 bits per heavy atom. The van der Waals surface area contributed by atoms with Crippen molar-refractivity contribution in [1.82, 2.24) is 4.90 Å². The predicted octanol–water partition coefficient (Wildman–Crippen LogP) is 3.06. The van der Waals surface area contributed by atoms with Gasteiger partial charge in [0.1, 0.15) is 0 Å². The van der Waals surface area contributed by atoms with Gasteiger partial charge in [0, 0.05) is 24.5 Å². The van der Waals surface area contributed by atoms with Gasteiger partial charge in [-0.25, -0.2) is 0 Å². The van der Waals surface area contributed by atoms with Crippen molar-refractivity contribution < 1.29 is 0 Å². The summed E-state index contributed by atoms with van der Waals surface area (Å²) < 4.78 is 0. The molecule has 1 aromatic heterocycles. The van der Waals surface area contributed by atoms with Crippen molar-refractivity contribution in [3.05, 3.63) is 21.9 Å². The third kappa shape index (κ3) is 2.77. The standard InChI is InChI=1S/C12H19NS2/c1-12(2,9-14)8-13-5-3-11-10(7-13)4-6-15-11/h4,6,14H,3,5,7-9H2,1-2H3. The summed E-state index contributed by atoms with van der Waals surface area (Å²) in [6, 6.07) is 2.28. The fourth-order valence-corrected chi connectivity index (χ4v) is 3.09. The van der Waals surface area contributed by atoms with E-state index >= 15 is 0 Å². The van der Waals surface area contributed by atoms with Gasteiger partial charge < -0.3 is 0 Å². The Morgan fingerprint density at radius 3 is 3.07 bits per heavy atom. The molecule has 0 spiro atoms. The Labute approximate surface area is 102 Å². The van der Waals surface area contributed by atoms with E-state index in [-0.39, 0.29) is 0 Å². The molecule has 15 heavy (non-hydrogen) atoms. The number of hydrogen-bond donors (Lipinski definition) is 1. The first-order chi connectivity index (χ1) is 7.11. The first-order valence-corrected chi connectivity index (χ1v) is 7.00. The van der Waals surface area contributed by atoms with Crippen LogP contribution in [-0.2, 0) is 13.0 Å². The van der Waals surface area contributed by atoms with Crippen LogP contribution in [-0.4, -0.2) is 23.7 Å². The molecular weight excluding hydrogens is 222 g/mol. The maximum Gasteiger partial charge on any atom is 0.0245 e. The average Bonchev–Trinajstić information content (AvgIpc) is 2.64. The van der Waals surface area contributed by atoms with Crippen molar-refractivity contribution in [2.45, 2.75) is 26.8 Å². The molecule has 0 amide bonds. The number of hydrogen-bond acceptors (Lipinski definition) is 3. The second-order valence-electron chi connectivity index (χ2n) is 5.15. The summed E-state index contributed by atoms with van der Waals surface area (Å²) in [5.74, 6) is 0.958. The molecule has 1 aromatic rings. The molecule has 1 aliphatic rings. The van der Waals surface area contributed by atoms with Gasteiger partial charge in [-0.3, -0.25) is 4.90 Å². The molecule has 84 valence electrons. The van der Waals surface area contributed by atoms with E-state index < -0.39 is 0 Å². The number of fused-ring (bicyclic) bond motifs is 1. The number of thiophene rings is 1. The van der Waals surface area contributed by atoms with Crippen LogP contribution in [0.3, 0.4) is 0 Å². The first-order valence-electron chi connectivity index (χ1n) is 5.49. The van der Waals surface area contributed by atoms with Crippen molar-refractivity contribution in [3.8, 4) is 0 Å². The van der Waals surface area contributed by atoms with Gasteiger partial charge in [-0.2, -0.15) is 12.6 Å². The maximum atomic E-state index is 4.42. The number of rotatable bonds is 3. The Bertz CT molecular complexity index is 330. The highest BCUT2D eigenvalue weighted by Crippen LogP contribution is 2.27. The van der Waals surface area contributed by atoms with Crippen LogP contribution in [0, 0.1) is 5.41 Å². The van der Waals surface area contributed by atoms with E-state index in [0.717, 1.165) is 18.8 Å². The maximum absolute atomic E-state index is 4.42. The molecule has 0 aliphatic carbocycles. The number of thiol groups is 1. The van der Waals surface area contributed by atoms with Gasteiger partial charge in [0.2, 0.25) is 0 Å². The zero-order chi connectivity index (χ0) is 10.9. The lowest BCUT2D eigenvalue weighted by molar-refractivity contribution is 0.181. The van der Waals surface area contributed by atoms with Crippen LogP contribution in [0.5, 0.6) is 0 Å². The Morgan fingerprint density at radius 1 is 1.53 bits per heavy atom. The topological polar surface area (TPSA) is 3.24 Å². The Hall–Kier alpha value is 0.0100. The van der Waals surface area contributed by atoms with Crippen LogP contribution in [0.2, 0.25) is 0 Å². The molecule has 0 saturated carbocycles. The monoisotopic (exact) mass is 241 g/mol. The zero-order valence-corrected chi connectivity index (χ0v) is 11.2. The second kappa shape index (κ2) is 4.48. The smallest absolute Gasteiger partial charge is 0.0245 e. The van der Waals surface area contributed by atoms with Gasteiger partial charge in [-0.15, -0.1) is 11.3 Å². The second-order valence-corrected chi connectivity index (χ2v) is 6.47. The highest BCUT2D eigenvalue weighted by Gasteiger charge is 2.23. The van der Waals surface area contributed by atoms with Gasteiger partial charge in [0.15, 0.2) is 0 Å². The normalized spacial score (nSPS) is 17.8. The SMILES string of the molecule is CC(C)(CS)CN1CCc2sccc2C1. The van der Waals surface area contributed by atoms with Crippen molar-refractivity contribution in [1.29, 1.82) is 0 Å². The quantitative estimate of drug-likeness (QED) is 0.796. The largest absolute Gasteiger partial charge is 0.298 e. The van der Waals surface area contributed by atoms with Gasteiger partial charge in [0.25, 0.3) is 0 Å². The Kier molecular flexibility index (Phi) is 3.43. The number of nitrogens with zero attached hydrogens (tertiary/aromatic N) is 1. The van der Waals surface area contributed by atoms with Crippen LogP contribution < -0.4 is 0 Å². The van der Waals surface area contributed by atoms with Gasteiger partial charge in [0.05, 0.1) is 0 Å². The molecule has 0 atom stereocenters. The molecular formula is C12H19NS2. The highest BCUT2D eigenvalue weighted by molar-refractivity contribution is 7.80. The molecule has 0 saturated heterocycles. The van der Waals surface area contributed by atoms with Crippen molar-refractivity contribution in [2.24, 2.45) is 5.41 Å². The lowest BCUT2D eigenvalue weighted by Gasteiger charge is -2.34. The van der Waals surface area contributed by atoms with Crippen LogP contribution in [0.4, 0.5) is 0 Å². The van der Waals surface area contributed by atoms with E-state index in [0.29, 0.717) is 5.41 Å². The van der Waals surface area contributed by atoms with Gasteiger partial charge in [-0.1, -0.05) is 13.8 Å². The molecule has 0 fully saturated rings. The zero-order valence-electron chi connectivity index (χ0n) is 9.49. The summed E-state index contributed by atoms with van der Waals surface area (Å²) in [5.41, 5.74) is 1.87. The van der Waals surface area contributed by atoms with E-state index in [1.54, 1.807) is 10.4 Å². The summed E-state index contributed by atoms with van der Waals surface area (Å²) >= 11 is 6.33. The molecule has 2 rings (SSSR count). The third-order valence-corrected chi connectivity index (χ3v) is 4.85. The summed E-state index contributed by atoms with van der Waals surface area (Å²) in [6.45, 7) is 8.10. The van der Waals surface area contributed by atoms with Gasteiger partial charge in [-0.05, 0) is 34.6 Å². The summed E-state index contributed by atoms with van der Waals surface area (Å²) in [4.78, 5) is 4.15. The molecule has 0 aromatic carbocycles.